The lowest BCUT2D eigenvalue weighted by Gasteiger charge is -2.38. The van der Waals surface area contributed by atoms with E-state index >= 15 is 0 Å². The standard InChI is InChI=1S/C14H24N2O2S2/c1-10-12(8-11(9-15)19-10)20(17,18)16-13-6-4-5-7-14(13,2)3/h8,13,16H,4-7,9,15H2,1-3H3. The Hall–Kier alpha value is -0.430. The van der Waals surface area contributed by atoms with Crippen LogP contribution < -0.4 is 10.5 Å². The van der Waals surface area contributed by atoms with Gasteiger partial charge in [-0.2, -0.15) is 0 Å². The van der Waals surface area contributed by atoms with E-state index in [0.717, 1.165) is 29.0 Å². The Kier molecular flexibility index (Phi) is 4.59. The van der Waals surface area contributed by atoms with Crippen molar-refractivity contribution in [2.24, 2.45) is 11.1 Å². The highest BCUT2D eigenvalue weighted by molar-refractivity contribution is 7.89. The summed E-state index contributed by atoms with van der Waals surface area (Å²) < 4.78 is 28.1. The van der Waals surface area contributed by atoms with E-state index < -0.39 is 10.0 Å². The molecule has 1 aliphatic carbocycles. The van der Waals surface area contributed by atoms with Gasteiger partial charge in [0.15, 0.2) is 0 Å². The zero-order valence-electron chi connectivity index (χ0n) is 12.4. The van der Waals surface area contributed by atoms with Crippen LogP contribution in [0.1, 0.15) is 49.3 Å². The molecule has 1 atom stereocenters. The van der Waals surface area contributed by atoms with Crippen molar-refractivity contribution in [3.8, 4) is 0 Å². The monoisotopic (exact) mass is 316 g/mol. The van der Waals surface area contributed by atoms with Crippen molar-refractivity contribution in [1.82, 2.24) is 4.72 Å². The van der Waals surface area contributed by atoms with Gasteiger partial charge in [-0.1, -0.05) is 26.7 Å². The van der Waals surface area contributed by atoms with Crippen LogP contribution in [-0.4, -0.2) is 14.5 Å². The summed E-state index contributed by atoms with van der Waals surface area (Å²) in [7, 11) is -3.45. The van der Waals surface area contributed by atoms with Crippen molar-refractivity contribution in [3.63, 3.8) is 0 Å². The fraction of sp³-hybridized carbons (Fsp3) is 0.714. The summed E-state index contributed by atoms with van der Waals surface area (Å²) in [4.78, 5) is 2.11. The molecule has 0 saturated heterocycles. The zero-order chi connectivity index (χ0) is 15.0. The Morgan fingerprint density at radius 3 is 2.70 bits per heavy atom. The normalized spacial score (nSPS) is 22.9. The molecule has 6 heteroatoms. The summed E-state index contributed by atoms with van der Waals surface area (Å²) in [6.45, 7) is 6.51. The van der Waals surface area contributed by atoms with Crippen molar-refractivity contribution in [2.75, 3.05) is 0 Å². The number of hydrogen-bond acceptors (Lipinski definition) is 4. The van der Waals surface area contributed by atoms with Gasteiger partial charge in [-0.25, -0.2) is 13.1 Å². The molecule has 1 heterocycles. The van der Waals surface area contributed by atoms with Gasteiger partial charge in [-0.05, 0) is 31.2 Å². The highest BCUT2D eigenvalue weighted by Crippen LogP contribution is 2.36. The molecule has 0 amide bonds. The Morgan fingerprint density at radius 1 is 1.45 bits per heavy atom. The van der Waals surface area contributed by atoms with Crippen molar-refractivity contribution < 1.29 is 8.42 Å². The molecule has 0 radical (unpaired) electrons. The molecule has 0 aromatic carbocycles. The quantitative estimate of drug-likeness (QED) is 0.897. The van der Waals surface area contributed by atoms with Crippen LogP contribution in [0.15, 0.2) is 11.0 Å². The topological polar surface area (TPSA) is 72.2 Å². The number of hydrogen-bond donors (Lipinski definition) is 2. The molecule has 1 unspecified atom stereocenters. The van der Waals surface area contributed by atoms with Crippen LogP contribution in [0.3, 0.4) is 0 Å². The Balaban J connectivity index is 2.24. The summed E-state index contributed by atoms with van der Waals surface area (Å²) in [6, 6.07) is 1.72. The van der Waals surface area contributed by atoms with Gasteiger partial charge >= 0.3 is 0 Å². The van der Waals surface area contributed by atoms with Gasteiger partial charge < -0.3 is 5.73 Å². The van der Waals surface area contributed by atoms with Gasteiger partial charge in [0.05, 0.1) is 4.90 Å². The lowest BCUT2D eigenvalue weighted by Crippen LogP contribution is -2.46. The van der Waals surface area contributed by atoms with E-state index in [1.54, 1.807) is 6.07 Å². The van der Waals surface area contributed by atoms with Crippen molar-refractivity contribution in [3.05, 3.63) is 15.8 Å². The van der Waals surface area contributed by atoms with Crippen LogP contribution in [0, 0.1) is 12.3 Å². The highest BCUT2D eigenvalue weighted by Gasteiger charge is 2.35. The van der Waals surface area contributed by atoms with Gasteiger partial charge in [0.2, 0.25) is 10.0 Å². The van der Waals surface area contributed by atoms with E-state index in [1.807, 2.05) is 6.92 Å². The minimum atomic E-state index is -3.45. The third kappa shape index (κ3) is 3.24. The summed E-state index contributed by atoms with van der Waals surface area (Å²) >= 11 is 1.46. The minimum Gasteiger partial charge on any atom is -0.326 e. The van der Waals surface area contributed by atoms with E-state index in [-0.39, 0.29) is 11.5 Å². The molecule has 0 spiro atoms. The second-order valence-corrected chi connectivity index (χ2v) is 9.27. The molecular formula is C14H24N2O2S2. The van der Waals surface area contributed by atoms with E-state index in [4.69, 9.17) is 5.73 Å². The first kappa shape index (κ1) is 15.9. The van der Waals surface area contributed by atoms with Crippen LogP contribution in [0.2, 0.25) is 0 Å². The van der Waals surface area contributed by atoms with Gasteiger partial charge in [0, 0.05) is 22.3 Å². The molecule has 0 bridgehead atoms. The third-order valence-electron chi connectivity index (χ3n) is 4.22. The van der Waals surface area contributed by atoms with Crippen LogP contribution in [0.4, 0.5) is 0 Å². The summed E-state index contributed by atoms with van der Waals surface area (Å²) in [5, 5.41) is 0. The van der Waals surface area contributed by atoms with E-state index in [9.17, 15) is 8.42 Å². The summed E-state index contributed by atoms with van der Waals surface area (Å²) in [5.74, 6) is 0. The van der Waals surface area contributed by atoms with Crippen LogP contribution in [-0.2, 0) is 16.6 Å². The zero-order valence-corrected chi connectivity index (χ0v) is 14.0. The summed E-state index contributed by atoms with van der Waals surface area (Å²) in [5.41, 5.74) is 5.62. The first-order valence-electron chi connectivity index (χ1n) is 7.08. The Labute approximate surface area is 125 Å². The molecule has 1 saturated carbocycles. The minimum absolute atomic E-state index is 0.0156. The SMILES string of the molecule is Cc1sc(CN)cc1S(=O)(=O)NC1CCCCC1(C)C. The molecular weight excluding hydrogens is 292 g/mol. The molecule has 114 valence electrons. The van der Waals surface area contributed by atoms with Crippen molar-refractivity contribution in [2.45, 2.75) is 63.9 Å². The first-order chi connectivity index (χ1) is 9.26. The first-order valence-corrected chi connectivity index (χ1v) is 9.38. The lowest BCUT2D eigenvalue weighted by molar-refractivity contribution is 0.188. The maximum Gasteiger partial charge on any atom is 0.241 e. The molecule has 1 aliphatic rings. The molecule has 1 aromatic rings. The predicted molar refractivity (Wildman–Crippen MR) is 83.3 cm³/mol. The van der Waals surface area contributed by atoms with E-state index in [0.29, 0.717) is 11.4 Å². The fourth-order valence-corrected chi connectivity index (χ4v) is 5.81. The summed E-state index contributed by atoms with van der Waals surface area (Å²) in [6.07, 6.45) is 4.25. The second kappa shape index (κ2) is 5.75. The fourth-order valence-electron chi connectivity index (χ4n) is 2.85. The van der Waals surface area contributed by atoms with Gasteiger partial charge in [0.25, 0.3) is 0 Å². The predicted octanol–water partition coefficient (Wildman–Crippen LogP) is 2.76. The van der Waals surface area contributed by atoms with Crippen LogP contribution >= 0.6 is 11.3 Å². The van der Waals surface area contributed by atoms with Crippen LogP contribution in [0.25, 0.3) is 0 Å². The number of thiophene rings is 1. The van der Waals surface area contributed by atoms with Crippen molar-refractivity contribution >= 4 is 21.4 Å². The average molecular weight is 316 g/mol. The largest absolute Gasteiger partial charge is 0.326 e. The smallest absolute Gasteiger partial charge is 0.241 e. The molecule has 20 heavy (non-hydrogen) atoms. The molecule has 3 N–H and O–H groups in total. The third-order valence-corrected chi connectivity index (χ3v) is 7.02. The molecule has 4 nitrogen and oxygen atoms in total. The Morgan fingerprint density at radius 2 is 2.15 bits per heavy atom. The van der Waals surface area contributed by atoms with E-state index in [2.05, 4.69) is 18.6 Å². The number of nitrogens with one attached hydrogen (secondary N) is 1. The van der Waals surface area contributed by atoms with E-state index in [1.165, 1.54) is 17.8 Å². The molecule has 2 rings (SSSR count). The second-order valence-electron chi connectivity index (χ2n) is 6.25. The molecule has 0 aliphatic heterocycles. The molecule has 1 fully saturated rings. The number of rotatable bonds is 4. The number of nitrogens with two attached hydrogens (primary N) is 1. The van der Waals surface area contributed by atoms with Gasteiger partial charge in [0.1, 0.15) is 0 Å². The maximum absolute atomic E-state index is 12.6. The highest BCUT2D eigenvalue weighted by atomic mass is 32.2. The van der Waals surface area contributed by atoms with Crippen LogP contribution in [0.5, 0.6) is 0 Å². The average Bonchev–Trinajstić information content (AvgIpc) is 2.74. The number of sulfonamides is 1. The van der Waals surface area contributed by atoms with Crippen molar-refractivity contribution in [1.29, 1.82) is 0 Å². The Bertz CT molecular complexity index is 576. The maximum atomic E-state index is 12.6. The lowest BCUT2D eigenvalue weighted by atomic mass is 9.74. The van der Waals surface area contributed by atoms with Gasteiger partial charge in [-0.15, -0.1) is 11.3 Å². The number of aryl methyl sites for hydroxylation is 1. The van der Waals surface area contributed by atoms with Gasteiger partial charge in [-0.3, -0.25) is 0 Å². The molecule has 1 aromatic heterocycles.